The third-order valence-corrected chi connectivity index (χ3v) is 7.37. The Morgan fingerprint density at radius 1 is 0.905 bits per heavy atom. The zero-order chi connectivity index (χ0) is 16.3. The summed E-state index contributed by atoms with van der Waals surface area (Å²) in [7, 11) is 0. The second kappa shape index (κ2) is 20.3. The molecule has 3 heteroatoms. The second-order valence-electron chi connectivity index (χ2n) is 6.20. The van der Waals surface area contributed by atoms with Crippen molar-refractivity contribution in [1.29, 1.82) is 0 Å². The van der Waals surface area contributed by atoms with E-state index in [0.717, 1.165) is 18.8 Å². The SMILES string of the molecule is CC(C)CCCCCCC(=O)O.CCC[CH2][Sn][CH2]CCC. The van der Waals surface area contributed by atoms with Gasteiger partial charge in [0.15, 0.2) is 0 Å². The Morgan fingerprint density at radius 2 is 1.43 bits per heavy atom. The Hall–Kier alpha value is 0.269. The van der Waals surface area contributed by atoms with Crippen LogP contribution in [0.5, 0.6) is 0 Å². The Morgan fingerprint density at radius 3 is 1.86 bits per heavy atom. The van der Waals surface area contributed by atoms with Crippen LogP contribution in [-0.2, 0) is 4.79 Å². The van der Waals surface area contributed by atoms with Gasteiger partial charge in [-0.1, -0.05) is 39.5 Å². The van der Waals surface area contributed by atoms with Crippen molar-refractivity contribution in [3.05, 3.63) is 0 Å². The van der Waals surface area contributed by atoms with E-state index in [1.54, 1.807) is 8.87 Å². The number of rotatable bonds is 13. The van der Waals surface area contributed by atoms with Gasteiger partial charge in [-0.05, 0) is 12.3 Å². The summed E-state index contributed by atoms with van der Waals surface area (Å²) >= 11 is 0.149. The third kappa shape index (κ3) is 29.0. The number of unbranched alkanes of at least 4 members (excludes halogenated alkanes) is 5. The van der Waals surface area contributed by atoms with Crippen LogP contribution < -0.4 is 0 Å². The Balaban J connectivity index is 0. The molecule has 1 N–H and O–H groups in total. The Bertz CT molecular complexity index is 199. The van der Waals surface area contributed by atoms with Crippen LogP contribution in [0.1, 0.15) is 91.9 Å². The number of carbonyl (C=O) groups is 1. The molecule has 0 rings (SSSR count). The maximum atomic E-state index is 10.1. The molecule has 0 saturated heterocycles. The minimum absolute atomic E-state index is 0.149. The molecule has 0 bridgehead atoms. The molecule has 126 valence electrons. The molecule has 0 aromatic carbocycles. The van der Waals surface area contributed by atoms with E-state index in [0.29, 0.717) is 6.42 Å². The summed E-state index contributed by atoms with van der Waals surface area (Å²) in [6.45, 7) is 9.02. The van der Waals surface area contributed by atoms with Crippen molar-refractivity contribution in [1.82, 2.24) is 0 Å². The predicted octanol–water partition coefficient (Wildman–Crippen LogP) is 6.20. The van der Waals surface area contributed by atoms with Crippen molar-refractivity contribution in [2.45, 2.75) is 101 Å². The molecule has 2 nitrogen and oxygen atoms in total. The molecule has 0 fully saturated rings. The van der Waals surface area contributed by atoms with Gasteiger partial charge in [0.05, 0.1) is 0 Å². The standard InChI is InChI=1S/C10H20O2.2C4H9.Sn/c1-9(2)7-5-3-4-6-8-10(11)12;2*1-3-4-2;/h9H,3-8H2,1-2H3,(H,11,12);2*1,3-4H2,2H3;. The summed E-state index contributed by atoms with van der Waals surface area (Å²) in [6, 6.07) is 0. The molecule has 0 amide bonds. The van der Waals surface area contributed by atoms with Gasteiger partial charge in [-0.2, -0.15) is 0 Å². The van der Waals surface area contributed by atoms with Crippen molar-refractivity contribution in [3.8, 4) is 0 Å². The minimum atomic E-state index is -0.668. The molecule has 0 aromatic rings. The molecular formula is C18H38O2Sn. The average Bonchev–Trinajstić information content (AvgIpc) is 2.43. The first-order chi connectivity index (χ1) is 10.0. The first-order valence-electron chi connectivity index (χ1n) is 8.97. The molecule has 0 saturated carbocycles. The molecule has 0 aliphatic rings. The van der Waals surface area contributed by atoms with Gasteiger partial charge in [0, 0.05) is 6.42 Å². The predicted molar refractivity (Wildman–Crippen MR) is 95.4 cm³/mol. The molecule has 0 aromatic heterocycles. The molecular weight excluding hydrogens is 367 g/mol. The van der Waals surface area contributed by atoms with Gasteiger partial charge in [-0.3, -0.25) is 4.79 Å². The van der Waals surface area contributed by atoms with Gasteiger partial charge in [0.1, 0.15) is 0 Å². The normalized spacial score (nSPS) is 10.3. The zero-order valence-electron chi connectivity index (χ0n) is 14.9. The molecule has 0 heterocycles. The zero-order valence-corrected chi connectivity index (χ0v) is 17.8. The van der Waals surface area contributed by atoms with Crippen molar-refractivity contribution in [2.75, 3.05) is 0 Å². The Labute approximate surface area is 143 Å². The quantitative estimate of drug-likeness (QED) is 0.293. The van der Waals surface area contributed by atoms with E-state index in [1.165, 1.54) is 44.9 Å². The van der Waals surface area contributed by atoms with E-state index < -0.39 is 5.97 Å². The third-order valence-electron chi connectivity index (χ3n) is 3.34. The van der Waals surface area contributed by atoms with Crippen LogP contribution in [0, 0.1) is 5.92 Å². The molecule has 21 heavy (non-hydrogen) atoms. The van der Waals surface area contributed by atoms with Crippen LogP contribution in [0.4, 0.5) is 0 Å². The summed E-state index contributed by atoms with van der Waals surface area (Å²) in [5, 5.41) is 8.36. The van der Waals surface area contributed by atoms with Crippen LogP contribution >= 0.6 is 0 Å². The van der Waals surface area contributed by atoms with E-state index in [4.69, 9.17) is 5.11 Å². The summed E-state index contributed by atoms with van der Waals surface area (Å²) in [5.74, 6) is 0.114. The fourth-order valence-corrected chi connectivity index (χ4v) is 6.07. The number of hydrogen-bond donors (Lipinski definition) is 1. The van der Waals surface area contributed by atoms with Gasteiger partial charge in [-0.15, -0.1) is 0 Å². The van der Waals surface area contributed by atoms with E-state index in [-0.39, 0.29) is 21.1 Å². The number of carboxylic acids is 1. The average molecular weight is 405 g/mol. The van der Waals surface area contributed by atoms with Gasteiger partial charge < -0.3 is 5.11 Å². The number of carboxylic acid groups (broad SMARTS) is 1. The van der Waals surface area contributed by atoms with Crippen molar-refractivity contribution >= 4 is 27.1 Å². The van der Waals surface area contributed by atoms with Crippen LogP contribution in [0.15, 0.2) is 0 Å². The van der Waals surface area contributed by atoms with Gasteiger partial charge in [0.25, 0.3) is 0 Å². The molecule has 0 aliphatic carbocycles. The molecule has 2 radical (unpaired) electrons. The van der Waals surface area contributed by atoms with Crippen LogP contribution in [0.3, 0.4) is 0 Å². The Kier molecular flexibility index (Phi) is 22.7. The summed E-state index contributed by atoms with van der Waals surface area (Å²) in [5.41, 5.74) is 0. The van der Waals surface area contributed by atoms with E-state index in [1.807, 2.05) is 0 Å². The number of hydrogen-bond acceptors (Lipinski definition) is 1. The van der Waals surface area contributed by atoms with Crippen LogP contribution in [0.2, 0.25) is 8.87 Å². The van der Waals surface area contributed by atoms with Crippen molar-refractivity contribution in [3.63, 3.8) is 0 Å². The molecule has 0 unspecified atom stereocenters. The van der Waals surface area contributed by atoms with E-state index >= 15 is 0 Å². The fraction of sp³-hybridized carbons (Fsp3) is 0.944. The van der Waals surface area contributed by atoms with Crippen molar-refractivity contribution in [2.24, 2.45) is 5.92 Å². The second-order valence-corrected chi connectivity index (χ2v) is 10.5. The van der Waals surface area contributed by atoms with Crippen molar-refractivity contribution < 1.29 is 9.90 Å². The summed E-state index contributed by atoms with van der Waals surface area (Å²) in [4.78, 5) is 10.1. The first-order valence-corrected chi connectivity index (χ1v) is 13.0. The van der Waals surface area contributed by atoms with Gasteiger partial charge in [0.2, 0.25) is 0 Å². The van der Waals surface area contributed by atoms with Crippen LogP contribution in [0.25, 0.3) is 0 Å². The van der Waals surface area contributed by atoms with E-state index in [2.05, 4.69) is 27.7 Å². The summed E-state index contributed by atoms with van der Waals surface area (Å²) in [6.07, 6.45) is 11.8. The monoisotopic (exact) mass is 406 g/mol. The van der Waals surface area contributed by atoms with Gasteiger partial charge >= 0.3 is 75.5 Å². The number of aliphatic carboxylic acids is 1. The van der Waals surface area contributed by atoms with E-state index in [9.17, 15) is 4.79 Å². The first kappa shape index (κ1) is 23.5. The van der Waals surface area contributed by atoms with Gasteiger partial charge in [-0.25, -0.2) is 0 Å². The molecule has 0 aliphatic heterocycles. The summed E-state index contributed by atoms with van der Waals surface area (Å²) < 4.78 is 3.25. The topological polar surface area (TPSA) is 37.3 Å². The maximum absolute atomic E-state index is 10.1. The fourth-order valence-electron chi connectivity index (χ4n) is 1.91. The van der Waals surface area contributed by atoms with Crippen LogP contribution in [-0.4, -0.2) is 32.2 Å². The molecule has 0 spiro atoms. The molecule has 0 atom stereocenters.